The summed E-state index contributed by atoms with van der Waals surface area (Å²) in [4.78, 5) is 60.0. The number of rotatable bonds is 19. The van der Waals surface area contributed by atoms with Gasteiger partial charge in [-0.15, -0.1) is 0 Å². The number of carbonyl (C=O) groups excluding carboxylic acids is 4. The molecule has 1 heterocycles. The van der Waals surface area contributed by atoms with E-state index in [9.17, 15) is 27.6 Å². The number of nitrogens with two attached hydrogens (primary N) is 1. The molecular formula is C37H64N6O8S. The third-order valence-corrected chi connectivity index (χ3v) is 11.7. The molecule has 52 heavy (non-hydrogen) atoms. The Morgan fingerprint density at radius 1 is 0.942 bits per heavy atom. The number of hydrogen-bond acceptors (Lipinski definition) is 10. The van der Waals surface area contributed by atoms with Crippen molar-refractivity contribution >= 4 is 39.3 Å². The van der Waals surface area contributed by atoms with Crippen LogP contribution in [0.15, 0.2) is 29.2 Å². The minimum Gasteiger partial charge on any atom is -0.399 e. The maximum absolute atomic E-state index is 14.2. The lowest BCUT2D eigenvalue weighted by Gasteiger charge is -2.41. The number of likely N-dealkylation sites (tertiary alicyclic amines) is 1. The minimum absolute atomic E-state index is 0.0273. The Labute approximate surface area is 311 Å². The number of nitrogens with one attached hydrogen (secondary N) is 2. The summed E-state index contributed by atoms with van der Waals surface area (Å²) in [6.45, 7) is 13.7. The number of anilines is 1. The third kappa shape index (κ3) is 11.1. The van der Waals surface area contributed by atoms with Gasteiger partial charge in [-0.25, -0.2) is 13.1 Å². The second-order valence-electron chi connectivity index (χ2n) is 15.0. The summed E-state index contributed by atoms with van der Waals surface area (Å²) in [5, 5.41) is 3.01. The molecule has 0 saturated carbocycles. The van der Waals surface area contributed by atoms with E-state index in [0.717, 1.165) is 0 Å². The molecule has 1 aromatic rings. The van der Waals surface area contributed by atoms with Gasteiger partial charge in [0.25, 0.3) is 10.0 Å². The first kappa shape index (κ1) is 44.9. The number of amides is 4. The highest BCUT2D eigenvalue weighted by Crippen LogP contribution is 2.30. The van der Waals surface area contributed by atoms with E-state index in [1.807, 2.05) is 60.5 Å². The van der Waals surface area contributed by atoms with Gasteiger partial charge in [-0.2, -0.15) is 0 Å². The highest BCUT2D eigenvalue weighted by atomic mass is 32.2. The second-order valence-corrected chi connectivity index (χ2v) is 16.7. The predicted molar refractivity (Wildman–Crippen MR) is 201 cm³/mol. The number of sulfonamides is 1. The maximum atomic E-state index is 14.2. The van der Waals surface area contributed by atoms with Gasteiger partial charge in [0.15, 0.2) is 0 Å². The molecule has 1 aromatic carbocycles. The van der Waals surface area contributed by atoms with Crippen LogP contribution in [0.1, 0.15) is 74.1 Å². The zero-order chi connectivity index (χ0) is 39.7. The van der Waals surface area contributed by atoms with Crippen LogP contribution in [-0.2, 0) is 38.7 Å². The number of nitrogen functional groups attached to an aromatic ring is 1. The van der Waals surface area contributed by atoms with Crippen molar-refractivity contribution in [3.63, 3.8) is 0 Å². The van der Waals surface area contributed by atoms with E-state index in [0.29, 0.717) is 31.5 Å². The smallest absolute Gasteiger partial charge is 0.264 e. The summed E-state index contributed by atoms with van der Waals surface area (Å²) in [6, 6.07) is 3.30. The predicted octanol–water partition coefficient (Wildman–Crippen LogP) is 2.72. The van der Waals surface area contributed by atoms with Gasteiger partial charge in [0, 0.05) is 33.5 Å². The molecule has 4 N–H and O–H groups in total. The van der Waals surface area contributed by atoms with Crippen LogP contribution in [-0.4, -0.2) is 125 Å². The number of likely N-dealkylation sites (N-methyl/N-ethyl adjacent to an activating group) is 2. The Balaban J connectivity index is 2.29. The van der Waals surface area contributed by atoms with E-state index in [2.05, 4.69) is 10.0 Å². The molecule has 0 aliphatic carbocycles. The molecule has 0 radical (unpaired) electrons. The highest BCUT2D eigenvalue weighted by molar-refractivity contribution is 7.90. The first-order chi connectivity index (χ1) is 24.2. The number of methoxy groups -OCH3 is 2. The van der Waals surface area contributed by atoms with E-state index in [1.54, 1.807) is 23.8 Å². The van der Waals surface area contributed by atoms with Crippen molar-refractivity contribution in [2.75, 3.05) is 47.6 Å². The molecule has 14 nitrogen and oxygen atoms in total. The first-order valence-corrected chi connectivity index (χ1v) is 19.7. The second kappa shape index (κ2) is 19.7. The largest absolute Gasteiger partial charge is 0.399 e. The molecule has 1 aliphatic heterocycles. The zero-order valence-corrected chi connectivity index (χ0v) is 34.0. The van der Waals surface area contributed by atoms with Gasteiger partial charge in [0.2, 0.25) is 23.6 Å². The minimum atomic E-state index is -4.17. The number of benzene rings is 1. The van der Waals surface area contributed by atoms with Crippen LogP contribution < -0.4 is 15.8 Å². The number of ether oxygens (including phenoxy) is 2. The fourth-order valence-electron chi connectivity index (χ4n) is 7.34. The van der Waals surface area contributed by atoms with Gasteiger partial charge in [-0.3, -0.25) is 24.1 Å². The van der Waals surface area contributed by atoms with Gasteiger partial charge in [-0.05, 0) is 69.0 Å². The Hall–Kier alpha value is -3.27. The van der Waals surface area contributed by atoms with Gasteiger partial charge in [0.1, 0.15) is 6.04 Å². The fourth-order valence-corrected chi connectivity index (χ4v) is 8.41. The van der Waals surface area contributed by atoms with E-state index >= 15 is 0 Å². The van der Waals surface area contributed by atoms with Crippen molar-refractivity contribution in [3.8, 4) is 0 Å². The lowest BCUT2D eigenvalue weighted by Crippen LogP contribution is -2.59. The van der Waals surface area contributed by atoms with Crippen molar-refractivity contribution in [2.45, 2.75) is 115 Å². The molecular weight excluding hydrogens is 689 g/mol. The average Bonchev–Trinajstić information content (AvgIpc) is 3.55. The van der Waals surface area contributed by atoms with Crippen LogP contribution in [0.4, 0.5) is 5.69 Å². The van der Waals surface area contributed by atoms with Crippen LogP contribution in [0.2, 0.25) is 0 Å². The molecule has 0 aromatic heterocycles. The Bertz CT molecular complexity index is 1450. The maximum Gasteiger partial charge on any atom is 0.264 e. The highest BCUT2D eigenvalue weighted by Gasteiger charge is 2.43. The molecule has 296 valence electrons. The van der Waals surface area contributed by atoms with Crippen molar-refractivity contribution in [1.82, 2.24) is 24.7 Å². The lowest BCUT2D eigenvalue weighted by atomic mass is 9.89. The molecule has 8 atom stereocenters. The van der Waals surface area contributed by atoms with Crippen LogP contribution in [0.3, 0.4) is 0 Å². The van der Waals surface area contributed by atoms with Crippen molar-refractivity contribution < 1.29 is 37.1 Å². The number of hydrogen-bond donors (Lipinski definition) is 3. The third-order valence-electron chi connectivity index (χ3n) is 10.4. The van der Waals surface area contributed by atoms with Crippen molar-refractivity contribution in [1.29, 1.82) is 0 Å². The van der Waals surface area contributed by atoms with Crippen LogP contribution in [0, 0.1) is 23.7 Å². The SMILES string of the molecule is CC[C@H](C)[C@@H]([C@H](CC(=O)N1CCC[C@H]1[C@H](OC)[C@@H](C)C(=O)NS(=O)(=O)c1ccc(N)cc1)OC)N(C)C(=O)[C@@H](NC(=O)[C@H](C(C)C)N(C)C)C(C)C. The van der Waals surface area contributed by atoms with E-state index < -0.39 is 58.2 Å². The number of carbonyl (C=O) groups is 4. The van der Waals surface area contributed by atoms with E-state index in [4.69, 9.17) is 15.2 Å². The summed E-state index contributed by atoms with van der Waals surface area (Å²) < 4.78 is 39.8. The summed E-state index contributed by atoms with van der Waals surface area (Å²) in [7, 11) is 4.16. The molecule has 1 aliphatic rings. The molecule has 0 bridgehead atoms. The Morgan fingerprint density at radius 2 is 1.54 bits per heavy atom. The summed E-state index contributed by atoms with van der Waals surface area (Å²) in [5.74, 6) is -2.64. The monoisotopic (exact) mass is 752 g/mol. The molecule has 2 rings (SSSR count). The normalized spacial score (nSPS) is 19.1. The molecule has 4 amide bonds. The van der Waals surface area contributed by atoms with Crippen molar-refractivity contribution in [3.05, 3.63) is 24.3 Å². The van der Waals surface area contributed by atoms with Crippen LogP contribution in [0.25, 0.3) is 0 Å². The lowest BCUT2D eigenvalue weighted by molar-refractivity contribution is -0.148. The quantitative estimate of drug-likeness (QED) is 0.178. The molecule has 15 heteroatoms. The molecule has 1 saturated heterocycles. The van der Waals surface area contributed by atoms with Gasteiger partial charge in [-0.1, -0.05) is 54.9 Å². The van der Waals surface area contributed by atoms with Gasteiger partial charge < -0.3 is 30.3 Å². The topological polar surface area (TPSA) is 181 Å². The first-order valence-electron chi connectivity index (χ1n) is 18.2. The average molecular weight is 753 g/mol. The van der Waals surface area contributed by atoms with Crippen molar-refractivity contribution in [2.24, 2.45) is 23.7 Å². The zero-order valence-electron chi connectivity index (χ0n) is 33.2. The Kier molecular flexibility index (Phi) is 17.0. The summed E-state index contributed by atoms with van der Waals surface area (Å²) in [6.07, 6.45) is 0.400. The Morgan fingerprint density at radius 3 is 2.02 bits per heavy atom. The molecule has 0 spiro atoms. The summed E-state index contributed by atoms with van der Waals surface area (Å²) in [5.41, 5.74) is 6.07. The van der Waals surface area contributed by atoms with Crippen LogP contribution in [0.5, 0.6) is 0 Å². The van der Waals surface area contributed by atoms with Gasteiger partial charge in [0.05, 0.1) is 47.6 Å². The fraction of sp³-hybridized carbons (Fsp3) is 0.730. The van der Waals surface area contributed by atoms with Crippen LogP contribution >= 0.6 is 0 Å². The van der Waals surface area contributed by atoms with E-state index in [-0.39, 0.29) is 46.8 Å². The summed E-state index contributed by atoms with van der Waals surface area (Å²) >= 11 is 0. The van der Waals surface area contributed by atoms with E-state index in [1.165, 1.54) is 38.5 Å². The number of nitrogens with zero attached hydrogens (tertiary/aromatic N) is 3. The molecule has 0 unspecified atom stereocenters. The molecule has 1 fully saturated rings. The van der Waals surface area contributed by atoms with Gasteiger partial charge >= 0.3 is 0 Å². The standard InChI is InChI=1S/C37H64N6O8S/c1-13-24(6)33(42(10)37(47)31(22(2)3)39-36(46)32(23(4)5)41(8)9)29(50-11)21-30(44)43-20-14-15-28(43)34(51-12)25(7)35(45)40-52(48,49)27-18-16-26(38)17-19-27/h16-19,22-25,28-29,31-34H,13-15,20-21,38H2,1-12H3,(H,39,46)(H,40,45)/t24-,25+,28-,29-,31-,32-,33-,34+/m0/s1.